The lowest BCUT2D eigenvalue weighted by Gasteiger charge is -2.09. The molecule has 0 saturated heterocycles. The van der Waals surface area contributed by atoms with Gasteiger partial charge in [-0.3, -0.25) is 19.6 Å². The van der Waals surface area contributed by atoms with Crippen molar-refractivity contribution in [2.75, 3.05) is 7.11 Å². The lowest BCUT2D eigenvalue weighted by molar-refractivity contribution is 0.0955. The number of rotatable bonds is 3. The average Bonchev–Trinajstić information content (AvgIpc) is 3.00. The Hall–Kier alpha value is -2.83. The van der Waals surface area contributed by atoms with E-state index in [0.29, 0.717) is 32.8 Å². The van der Waals surface area contributed by atoms with Crippen molar-refractivity contribution in [3.05, 3.63) is 64.8 Å². The van der Waals surface area contributed by atoms with Crippen LogP contribution in [0.3, 0.4) is 0 Å². The van der Waals surface area contributed by atoms with E-state index in [1.54, 1.807) is 36.4 Å². The number of fused-ring (bicyclic) bond motifs is 1. The van der Waals surface area contributed by atoms with Crippen LogP contribution < -0.4 is 16.0 Å². The number of halogens is 1. The average molecular weight is 344 g/mol. The van der Waals surface area contributed by atoms with Crippen molar-refractivity contribution >= 4 is 34.3 Å². The van der Waals surface area contributed by atoms with E-state index >= 15 is 0 Å². The number of methoxy groups -OCH3 is 1. The molecule has 0 aliphatic carbocycles. The Morgan fingerprint density at radius 3 is 2.62 bits per heavy atom. The van der Waals surface area contributed by atoms with Crippen LogP contribution >= 0.6 is 11.6 Å². The maximum Gasteiger partial charge on any atom is 0.267 e. The number of nitrogens with two attached hydrogens (primary N) is 1. The molecule has 0 fully saturated rings. The first-order valence-electron chi connectivity index (χ1n) is 7.06. The second-order valence-electron chi connectivity index (χ2n) is 5.05. The van der Waals surface area contributed by atoms with Crippen molar-refractivity contribution < 1.29 is 14.3 Å². The maximum atomic E-state index is 13.0. The fourth-order valence-corrected chi connectivity index (χ4v) is 2.76. The van der Waals surface area contributed by atoms with Crippen molar-refractivity contribution in [2.24, 2.45) is 5.84 Å². The van der Waals surface area contributed by atoms with Gasteiger partial charge in [0.2, 0.25) is 0 Å². The third-order valence-electron chi connectivity index (χ3n) is 3.70. The van der Waals surface area contributed by atoms with Gasteiger partial charge in [-0.05, 0) is 24.3 Å². The second kappa shape index (κ2) is 6.35. The molecule has 122 valence electrons. The van der Waals surface area contributed by atoms with Crippen LogP contribution in [0.5, 0.6) is 5.75 Å². The lowest BCUT2D eigenvalue weighted by atomic mass is 10.1. The number of carbonyl (C=O) groups excluding carboxylic acids is 2. The van der Waals surface area contributed by atoms with Crippen LogP contribution in [0.15, 0.2) is 48.7 Å². The van der Waals surface area contributed by atoms with Crippen LogP contribution in [0.1, 0.15) is 20.7 Å². The molecule has 2 aromatic carbocycles. The number of aromatic nitrogens is 1. The number of hydrogen-bond acceptors (Lipinski definition) is 4. The summed E-state index contributed by atoms with van der Waals surface area (Å²) in [5.41, 5.74) is 3.28. The van der Waals surface area contributed by atoms with Gasteiger partial charge in [0.1, 0.15) is 5.75 Å². The van der Waals surface area contributed by atoms with Crippen molar-refractivity contribution in [1.82, 2.24) is 9.99 Å². The Labute approximate surface area is 142 Å². The third-order valence-corrected chi connectivity index (χ3v) is 3.93. The number of hydrazine groups is 1. The van der Waals surface area contributed by atoms with Gasteiger partial charge < -0.3 is 4.74 Å². The van der Waals surface area contributed by atoms with Gasteiger partial charge in [0, 0.05) is 16.6 Å². The molecular formula is C17H14ClN3O3. The molecule has 3 aromatic rings. The van der Waals surface area contributed by atoms with Crippen molar-refractivity contribution in [2.45, 2.75) is 0 Å². The fourth-order valence-electron chi connectivity index (χ4n) is 2.58. The van der Waals surface area contributed by atoms with Gasteiger partial charge in [0.05, 0.1) is 23.8 Å². The molecule has 1 amide bonds. The van der Waals surface area contributed by atoms with E-state index in [-0.39, 0.29) is 5.91 Å². The lowest BCUT2D eigenvalue weighted by Crippen LogP contribution is -2.29. The van der Waals surface area contributed by atoms with E-state index in [2.05, 4.69) is 5.43 Å². The number of benzene rings is 2. The monoisotopic (exact) mass is 343 g/mol. The van der Waals surface area contributed by atoms with E-state index < -0.39 is 5.91 Å². The van der Waals surface area contributed by atoms with Crippen LogP contribution in [0.25, 0.3) is 10.9 Å². The van der Waals surface area contributed by atoms with Crippen LogP contribution in [0.4, 0.5) is 0 Å². The molecule has 1 heterocycles. The first kappa shape index (κ1) is 16.0. The van der Waals surface area contributed by atoms with E-state index in [9.17, 15) is 9.59 Å². The summed E-state index contributed by atoms with van der Waals surface area (Å²) in [5, 5.41) is 1.03. The van der Waals surface area contributed by atoms with Gasteiger partial charge in [0.15, 0.2) is 0 Å². The number of amides is 1. The zero-order chi connectivity index (χ0) is 17.3. The number of para-hydroxylation sites is 1. The van der Waals surface area contributed by atoms with Crippen molar-refractivity contribution in [1.29, 1.82) is 0 Å². The SMILES string of the molecule is COc1ccc(Cl)cc1C(=O)n1cc(C(=O)NN)c2ccccc21. The van der Waals surface area contributed by atoms with Gasteiger partial charge in [-0.25, -0.2) is 5.84 Å². The summed E-state index contributed by atoms with van der Waals surface area (Å²) in [4.78, 5) is 24.9. The molecule has 0 aliphatic rings. The number of nitrogens with one attached hydrogen (secondary N) is 1. The van der Waals surface area contributed by atoms with Crippen LogP contribution in [0, 0.1) is 0 Å². The molecule has 0 saturated carbocycles. The largest absolute Gasteiger partial charge is 0.496 e. The Bertz CT molecular complexity index is 949. The number of hydrogen-bond donors (Lipinski definition) is 2. The molecule has 7 heteroatoms. The molecule has 1 aromatic heterocycles. The number of nitrogens with zero attached hydrogens (tertiary/aromatic N) is 1. The maximum absolute atomic E-state index is 13.0. The predicted octanol–water partition coefficient (Wildman–Crippen LogP) is 2.60. The minimum atomic E-state index is -0.476. The normalized spacial score (nSPS) is 10.6. The molecular weight excluding hydrogens is 330 g/mol. The van der Waals surface area contributed by atoms with E-state index in [0.717, 1.165) is 0 Å². The van der Waals surface area contributed by atoms with Gasteiger partial charge >= 0.3 is 0 Å². The van der Waals surface area contributed by atoms with Gasteiger partial charge in [-0.1, -0.05) is 29.8 Å². The number of ether oxygens (including phenoxy) is 1. The van der Waals surface area contributed by atoms with Gasteiger partial charge in [-0.2, -0.15) is 0 Å². The summed E-state index contributed by atoms with van der Waals surface area (Å²) in [5.74, 6) is 4.79. The fraction of sp³-hybridized carbons (Fsp3) is 0.0588. The van der Waals surface area contributed by atoms with Crippen LogP contribution in [-0.2, 0) is 0 Å². The minimum Gasteiger partial charge on any atom is -0.496 e. The summed E-state index contributed by atoms with van der Waals surface area (Å²) in [6, 6.07) is 11.8. The second-order valence-corrected chi connectivity index (χ2v) is 5.49. The molecule has 0 aliphatic heterocycles. The summed E-state index contributed by atoms with van der Waals surface area (Å²) < 4.78 is 6.62. The molecule has 0 bridgehead atoms. The van der Waals surface area contributed by atoms with E-state index in [1.807, 2.05) is 0 Å². The topological polar surface area (TPSA) is 86.3 Å². The minimum absolute atomic E-state index is 0.297. The zero-order valence-electron chi connectivity index (χ0n) is 12.7. The Balaban J connectivity index is 2.22. The molecule has 0 radical (unpaired) electrons. The molecule has 6 nitrogen and oxygen atoms in total. The van der Waals surface area contributed by atoms with E-state index in [4.69, 9.17) is 22.2 Å². The highest BCUT2D eigenvalue weighted by molar-refractivity contribution is 6.31. The molecule has 0 atom stereocenters. The Morgan fingerprint density at radius 1 is 1.17 bits per heavy atom. The zero-order valence-corrected chi connectivity index (χ0v) is 13.5. The first-order chi connectivity index (χ1) is 11.6. The highest BCUT2D eigenvalue weighted by Gasteiger charge is 2.21. The van der Waals surface area contributed by atoms with Gasteiger partial charge in [-0.15, -0.1) is 0 Å². The van der Waals surface area contributed by atoms with E-state index in [1.165, 1.54) is 23.9 Å². The molecule has 24 heavy (non-hydrogen) atoms. The van der Waals surface area contributed by atoms with Gasteiger partial charge in [0.25, 0.3) is 11.8 Å². The number of carbonyl (C=O) groups is 2. The molecule has 3 rings (SSSR count). The van der Waals surface area contributed by atoms with Crippen LogP contribution in [0.2, 0.25) is 5.02 Å². The summed E-state index contributed by atoms with van der Waals surface area (Å²) in [6.07, 6.45) is 1.45. The molecule has 0 spiro atoms. The van der Waals surface area contributed by atoms with Crippen LogP contribution in [-0.4, -0.2) is 23.5 Å². The predicted molar refractivity (Wildman–Crippen MR) is 91.3 cm³/mol. The highest BCUT2D eigenvalue weighted by Crippen LogP contribution is 2.27. The van der Waals surface area contributed by atoms with Crippen molar-refractivity contribution in [3.63, 3.8) is 0 Å². The summed E-state index contributed by atoms with van der Waals surface area (Å²) in [6.45, 7) is 0. The highest BCUT2D eigenvalue weighted by atomic mass is 35.5. The summed E-state index contributed by atoms with van der Waals surface area (Å²) in [7, 11) is 1.47. The molecule has 3 N–H and O–H groups in total. The third kappa shape index (κ3) is 2.62. The Kier molecular flexibility index (Phi) is 4.24. The number of nitrogen functional groups attached to an aromatic ring is 1. The van der Waals surface area contributed by atoms with Crippen molar-refractivity contribution in [3.8, 4) is 5.75 Å². The molecule has 0 unspecified atom stereocenters. The smallest absolute Gasteiger partial charge is 0.267 e. The standard InChI is InChI=1S/C17H14ClN3O3/c1-24-15-7-6-10(18)8-12(15)17(23)21-9-13(16(22)20-19)11-4-2-3-5-14(11)21/h2-9H,19H2,1H3,(H,20,22). The Morgan fingerprint density at radius 2 is 1.92 bits per heavy atom. The summed E-state index contributed by atoms with van der Waals surface area (Å²) >= 11 is 6.00. The first-order valence-corrected chi connectivity index (χ1v) is 7.44. The quantitative estimate of drug-likeness (QED) is 0.435.